The first-order chi connectivity index (χ1) is 14.6. The van der Waals surface area contributed by atoms with Gasteiger partial charge in [0.15, 0.2) is 0 Å². The van der Waals surface area contributed by atoms with E-state index in [1.54, 1.807) is 6.92 Å². The molecule has 0 bridgehead atoms. The van der Waals surface area contributed by atoms with Crippen LogP contribution in [0.4, 0.5) is 10.7 Å². The SMILES string of the molecule is CCOC(=O)c1c(NC(=O)C(C)Sc2ccc(N)cc2)sc2c1CCC(C(C)(C)C)C2. The molecule has 3 rings (SSSR count). The first kappa shape index (κ1) is 23.7. The van der Waals surface area contributed by atoms with E-state index in [4.69, 9.17) is 10.5 Å². The number of amides is 1. The largest absolute Gasteiger partial charge is 0.462 e. The lowest BCUT2D eigenvalue weighted by atomic mass is 9.72. The van der Waals surface area contributed by atoms with Crippen LogP contribution in [0.3, 0.4) is 0 Å². The number of hydrogen-bond acceptors (Lipinski definition) is 6. The van der Waals surface area contributed by atoms with Crippen LogP contribution in [-0.4, -0.2) is 23.7 Å². The highest BCUT2D eigenvalue weighted by atomic mass is 32.2. The normalized spacial score (nSPS) is 17.0. The van der Waals surface area contributed by atoms with Gasteiger partial charge in [0, 0.05) is 15.5 Å². The molecule has 0 fully saturated rings. The van der Waals surface area contributed by atoms with Gasteiger partial charge in [-0.1, -0.05) is 20.8 Å². The second-order valence-corrected chi connectivity index (χ2v) is 11.6. The molecule has 0 aliphatic heterocycles. The van der Waals surface area contributed by atoms with Gasteiger partial charge in [0.05, 0.1) is 17.4 Å². The Hall–Kier alpha value is -1.99. The molecule has 1 aliphatic carbocycles. The quantitative estimate of drug-likeness (QED) is 0.324. The number of fused-ring (bicyclic) bond motifs is 1. The first-order valence-electron chi connectivity index (χ1n) is 10.7. The molecule has 1 amide bonds. The van der Waals surface area contributed by atoms with Gasteiger partial charge in [-0.2, -0.15) is 0 Å². The number of nitrogens with two attached hydrogens (primary N) is 1. The monoisotopic (exact) mass is 460 g/mol. The highest BCUT2D eigenvalue weighted by Gasteiger charge is 2.34. The summed E-state index contributed by atoms with van der Waals surface area (Å²) in [5.74, 6) is 0.0823. The molecule has 0 radical (unpaired) electrons. The molecule has 2 unspecified atom stereocenters. The summed E-state index contributed by atoms with van der Waals surface area (Å²) in [6.45, 7) is 10.8. The van der Waals surface area contributed by atoms with Crippen LogP contribution in [0.5, 0.6) is 0 Å². The smallest absolute Gasteiger partial charge is 0.341 e. The van der Waals surface area contributed by atoms with Gasteiger partial charge in [0.1, 0.15) is 5.00 Å². The van der Waals surface area contributed by atoms with Crippen molar-refractivity contribution in [3.8, 4) is 0 Å². The van der Waals surface area contributed by atoms with Gasteiger partial charge in [-0.15, -0.1) is 23.1 Å². The lowest BCUT2D eigenvalue weighted by Gasteiger charge is -2.33. The number of thioether (sulfide) groups is 1. The highest BCUT2D eigenvalue weighted by molar-refractivity contribution is 8.00. The Kier molecular flexibility index (Phi) is 7.37. The summed E-state index contributed by atoms with van der Waals surface area (Å²) in [6.07, 6.45) is 2.81. The van der Waals surface area contributed by atoms with E-state index in [9.17, 15) is 9.59 Å². The van der Waals surface area contributed by atoms with E-state index in [-0.39, 0.29) is 22.5 Å². The second-order valence-electron chi connectivity index (χ2n) is 9.05. The van der Waals surface area contributed by atoms with E-state index in [0.717, 1.165) is 29.7 Å². The van der Waals surface area contributed by atoms with Crippen molar-refractivity contribution >= 4 is 45.7 Å². The van der Waals surface area contributed by atoms with Crippen molar-refractivity contribution in [2.75, 3.05) is 17.7 Å². The summed E-state index contributed by atoms with van der Waals surface area (Å²) in [6, 6.07) is 7.46. The minimum absolute atomic E-state index is 0.127. The fraction of sp³-hybridized carbons (Fsp3) is 0.500. The van der Waals surface area contributed by atoms with Crippen LogP contribution < -0.4 is 11.1 Å². The fourth-order valence-electron chi connectivity index (χ4n) is 3.85. The minimum atomic E-state index is -0.344. The number of esters is 1. The third-order valence-corrected chi connectivity index (χ3v) is 8.05. The van der Waals surface area contributed by atoms with E-state index in [2.05, 4.69) is 26.1 Å². The van der Waals surface area contributed by atoms with Crippen LogP contribution >= 0.6 is 23.1 Å². The minimum Gasteiger partial charge on any atom is -0.462 e. The van der Waals surface area contributed by atoms with Crippen molar-refractivity contribution in [1.82, 2.24) is 0 Å². The third-order valence-electron chi connectivity index (χ3n) is 5.77. The van der Waals surface area contributed by atoms with E-state index >= 15 is 0 Å². The van der Waals surface area contributed by atoms with Crippen LogP contribution in [0.1, 0.15) is 61.8 Å². The maximum atomic E-state index is 13.0. The molecule has 5 nitrogen and oxygen atoms in total. The van der Waals surface area contributed by atoms with Crippen LogP contribution in [0.2, 0.25) is 0 Å². The number of ether oxygens (including phenoxy) is 1. The van der Waals surface area contributed by atoms with Gasteiger partial charge in [0.25, 0.3) is 0 Å². The Labute approximate surface area is 193 Å². The number of benzene rings is 1. The molecule has 7 heteroatoms. The number of hydrogen-bond donors (Lipinski definition) is 2. The summed E-state index contributed by atoms with van der Waals surface area (Å²) < 4.78 is 5.34. The molecule has 2 aromatic rings. The maximum Gasteiger partial charge on any atom is 0.341 e. The molecule has 31 heavy (non-hydrogen) atoms. The van der Waals surface area contributed by atoms with Crippen molar-refractivity contribution in [3.63, 3.8) is 0 Å². The van der Waals surface area contributed by atoms with E-state index in [0.29, 0.717) is 28.8 Å². The number of rotatable bonds is 6. The molecule has 1 aromatic heterocycles. The molecule has 3 N–H and O–H groups in total. The van der Waals surface area contributed by atoms with Gasteiger partial charge in [-0.05, 0) is 74.3 Å². The van der Waals surface area contributed by atoms with Crippen LogP contribution in [0.25, 0.3) is 0 Å². The van der Waals surface area contributed by atoms with Crippen molar-refractivity contribution in [1.29, 1.82) is 0 Å². The van der Waals surface area contributed by atoms with Crippen LogP contribution in [0.15, 0.2) is 29.2 Å². The number of carbonyl (C=O) groups is 2. The summed E-state index contributed by atoms with van der Waals surface area (Å²) >= 11 is 3.00. The Bertz CT molecular complexity index is 945. The number of nitrogen functional groups attached to an aromatic ring is 1. The third kappa shape index (κ3) is 5.63. The Morgan fingerprint density at radius 2 is 1.97 bits per heavy atom. The van der Waals surface area contributed by atoms with Gasteiger partial charge < -0.3 is 15.8 Å². The van der Waals surface area contributed by atoms with Gasteiger partial charge >= 0.3 is 5.97 Å². The van der Waals surface area contributed by atoms with E-state index < -0.39 is 0 Å². The van der Waals surface area contributed by atoms with Crippen molar-refractivity contribution in [2.45, 2.75) is 64.0 Å². The van der Waals surface area contributed by atoms with Crippen molar-refractivity contribution in [3.05, 3.63) is 40.3 Å². The number of anilines is 2. The maximum absolute atomic E-state index is 13.0. The average Bonchev–Trinajstić information content (AvgIpc) is 3.06. The molecular weight excluding hydrogens is 428 g/mol. The highest BCUT2D eigenvalue weighted by Crippen LogP contribution is 2.44. The van der Waals surface area contributed by atoms with Crippen LogP contribution in [0, 0.1) is 11.3 Å². The fourth-order valence-corrected chi connectivity index (χ4v) is 6.04. The average molecular weight is 461 g/mol. The molecule has 0 spiro atoms. The Morgan fingerprint density at radius 1 is 1.29 bits per heavy atom. The van der Waals surface area contributed by atoms with Crippen molar-refractivity contribution < 1.29 is 14.3 Å². The van der Waals surface area contributed by atoms with E-state index in [1.165, 1.54) is 28.0 Å². The number of carbonyl (C=O) groups excluding carboxylic acids is 2. The second kappa shape index (κ2) is 9.65. The Morgan fingerprint density at radius 3 is 2.58 bits per heavy atom. The molecule has 2 atom stereocenters. The molecule has 1 heterocycles. The number of thiophene rings is 1. The molecule has 0 saturated carbocycles. The summed E-state index contributed by atoms with van der Waals surface area (Å²) in [5.41, 5.74) is 8.25. The van der Waals surface area contributed by atoms with Gasteiger partial charge in [-0.3, -0.25) is 4.79 Å². The molecule has 0 saturated heterocycles. The van der Waals surface area contributed by atoms with Gasteiger partial charge in [0.2, 0.25) is 5.91 Å². The Balaban J connectivity index is 1.82. The van der Waals surface area contributed by atoms with E-state index in [1.807, 2.05) is 31.2 Å². The topological polar surface area (TPSA) is 81.4 Å². The zero-order chi connectivity index (χ0) is 22.8. The predicted octanol–water partition coefficient (Wildman–Crippen LogP) is 5.78. The number of nitrogens with one attached hydrogen (secondary N) is 1. The van der Waals surface area contributed by atoms with Gasteiger partial charge in [-0.25, -0.2) is 4.79 Å². The lowest BCUT2D eigenvalue weighted by molar-refractivity contribution is -0.115. The molecule has 168 valence electrons. The molecule has 1 aromatic carbocycles. The summed E-state index contributed by atoms with van der Waals surface area (Å²) in [7, 11) is 0. The van der Waals surface area contributed by atoms with Crippen LogP contribution in [-0.2, 0) is 22.4 Å². The summed E-state index contributed by atoms with van der Waals surface area (Å²) in [4.78, 5) is 27.9. The lowest BCUT2D eigenvalue weighted by Crippen LogP contribution is -2.27. The molecule has 1 aliphatic rings. The standard InChI is InChI=1S/C24H32N2O3S2/c1-6-29-23(28)20-18-12-7-15(24(3,4)5)13-19(18)31-22(20)26-21(27)14(2)30-17-10-8-16(25)9-11-17/h8-11,14-15H,6-7,12-13,25H2,1-5H3,(H,26,27). The summed E-state index contributed by atoms with van der Waals surface area (Å²) in [5, 5.41) is 3.32. The zero-order valence-electron chi connectivity index (χ0n) is 18.9. The molecular formula is C24H32N2O3S2. The zero-order valence-corrected chi connectivity index (χ0v) is 20.5. The first-order valence-corrected chi connectivity index (χ1v) is 12.4. The van der Waals surface area contributed by atoms with Crippen molar-refractivity contribution in [2.24, 2.45) is 11.3 Å². The predicted molar refractivity (Wildman–Crippen MR) is 130 cm³/mol.